The van der Waals surface area contributed by atoms with E-state index in [-0.39, 0.29) is 5.82 Å². The predicted octanol–water partition coefficient (Wildman–Crippen LogP) is 1.10. The van der Waals surface area contributed by atoms with Crippen molar-refractivity contribution in [1.82, 2.24) is 10.7 Å². The minimum absolute atomic E-state index is 0.244. The summed E-state index contributed by atoms with van der Waals surface area (Å²) in [7, 11) is 0. The molecule has 5 heteroatoms. The molecule has 0 aromatic heterocycles. The van der Waals surface area contributed by atoms with Crippen LogP contribution in [0.15, 0.2) is 34.4 Å². The van der Waals surface area contributed by atoms with E-state index in [4.69, 9.17) is 0 Å². The predicted molar refractivity (Wildman–Crippen MR) is 62.1 cm³/mol. The molecular weight excluding hydrogens is 207 g/mol. The lowest BCUT2D eigenvalue weighted by molar-refractivity contribution is 0.628. The topological polar surface area (TPSA) is 48.8 Å². The van der Waals surface area contributed by atoms with Gasteiger partial charge in [0.15, 0.2) is 0 Å². The normalized spacial score (nSPS) is 15.6. The molecule has 0 aliphatic carbocycles. The monoisotopic (exact) mass is 220 g/mol. The van der Waals surface area contributed by atoms with Gasteiger partial charge in [0, 0.05) is 6.54 Å². The molecule has 1 heterocycles. The summed E-state index contributed by atoms with van der Waals surface area (Å²) in [5, 5.41) is 7.20. The number of aliphatic imine (C=N–C) groups is 1. The number of nitrogens with one attached hydrogen (secondary N) is 2. The maximum Gasteiger partial charge on any atom is 0.212 e. The third-order valence-corrected chi connectivity index (χ3v) is 2.27. The molecule has 2 rings (SSSR count). The molecule has 0 radical (unpaired) electrons. The molecule has 0 saturated carbocycles. The van der Waals surface area contributed by atoms with Crippen molar-refractivity contribution in [1.29, 1.82) is 0 Å². The van der Waals surface area contributed by atoms with Crippen molar-refractivity contribution in [2.75, 3.05) is 13.1 Å². The van der Waals surface area contributed by atoms with Gasteiger partial charge in [-0.2, -0.15) is 5.10 Å². The highest BCUT2D eigenvalue weighted by atomic mass is 19.1. The van der Waals surface area contributed by atoms with Crippen LogP contribution in [-0.2, 0) is 0 Å². The van der Waals surface area contributed by atoms with E-state index in [0.717, 1.165) is 24.4 Å². The molecule has 1 aliphatic rings. The van der Waals surface area contributed by atoms with Crippen LogP contribution in [0.3, 0.4) is 0 Å². The zero-order valence-corrected chi connectivity index (χ0v) is 9.00. The van der Waals surface area contributed by atoms with E-state index >= 15 is 0 Å². The number of nitrogens with zero attached hydrogens (tertiary/aromatic N) is 2. The zero-order chi connectivity index (χ0) is 11.4. The first-order valence-corrected chi connectivity index (χ1v) is 5.10. The first-order valence-electron chi connectivity index (χ1n) is 5.10. The van der Waals surface area contributed by atoms with Crippen LogP contribution in [0.2, 0.25) is 0 Å². The van der Waals surface area contributed by atoms with Crippen LogP contribution >= 0.6 is 0 Å². The van der Waals surface area contributed by atoms with Crippen molar-refractivity contribution in [2.45, 2.75) is 6.92 Å². The zero-order valence-electron chi connectivity index (χ0n) is 9.00. The highest BCUT2D eigenvalue weighted by Gasteiger charge is 2.03. The fraction of sp³-hybridized carbons (Fsp3) is 0.273. The third-order valence-electron chi connectivity index (χ3n) is 2.27. The average molecular weight is 220 g/mol. The Labute approximate surface area is 93.3 Å². The van der Waals surface area contributed by atoms with Crippen molar-refractivity contribution in [3.05, 3.63) is 35.6 Å². The molecule has 0 saturated heterocycles. The van der Waals surface area contributed by atoms with Gasteiger partial charge in [-0.25, -0.2) is 14.8 Å². The van der Waals surface area contributed by atoms with Crippen LogP contribution in [-0.4, -0.2) is 24.8 Å². The Morgan fingerprint density at radius 1 is 1.44 bits per heavy atom. The van der Waals surface area contributed by atoms with Gasteiger partial charge in [0.1, 0.15) is 5.82 Å². The van der Waals surface area contributed by atoms with Gasteiger partial charge in [0.2, 0.25) is 5.96 Å². The van der Waals surface area contributed by atoms with Gasteiger partial charge in [-0.15, -0.1) is 0 Å². The fourth-order valence-electron chi connectivity index (χ4n) is 1.37. The molecule has 1 aromatic carbocycles. The van der Waals surface area contributed by atoms with Crippen molar-refractivity contribution in [3.63, 3.8) is 0 Å². The molecule has 0 fully saturated rings. The number of halogens is 1. The van der Waals surface area contributed by atoms with Gasteiger partial charge in [-0.3, -0.25) is 0 Å². The largest absolute Gasteiger partial charge is 0.353 e. The Morgan fingerprint density at radius 2 is 2.19 bits per heavy atom. The standard InChI is InChI=1S/C11H13FN4/c1-8(9-2-4-10(12)5-3-9)15-16-11-13-6-7-14-11/h2-5H,6-7H2,1H3,(H2,13,14,16)/b15-8+. The maximum atomic E-state index is 12.7. The fourth-order valence-corrected chi connectivity index (χ4v) is 1.37. The summed E-state index contributed by atoms with van der Waals surface area (Å²) in [4.78, 5) is 4.14. The summed E-state index contributed by atoms with van der Waals surface area (Å²) >= 11 is 0. The van der Waals surface area contributed by atoms with Crippen LogP contribution in [0.5, 0.6) is 0 Å². The first-order chi connectivity index (χ1) is 7.75. The number of rotatable bonds is 2. The molecular formula is C11H13FN4. The summed E-state index contributed by atoms with van der Waals surface area (Å²) in [6.07, 6.45) is 0. The van der Waals surface area contributed by atoms with Crippen molar-refractivity contribution < 1.29 is 4.39 Å². The highest BCUT2D eigenvalue weighted by molar-refractivity contribution is 5.99. The van der Waals surface area contributed by atoms with Gasteiger partial charge in [0.05, 0.1) is 12.3 Å². The third kappa shape index (κ3) is 2.56. The van der Waals surface area contributed by atoms with Gasteiger partial charge < -0.3 is 5.32 Å². The summed E-state index contributed by atoms with van der Waals surface area (Å²) < 4.78 is 12.7. The van der Waals surface area contributed by atoms with E-state index in [9.17, 15) is 4.39 Å². The second-order valence-electron chi connectivity index (χ2n) is 3.47. The minimum Gasteiger partial charge on any atom is -0.353 e. The lowest BCUT2D eigenvalue weighted by Gasteiger charge is -2.03. The van der Waals surface area contributed by atoms with Crippen LogP contribution < -0.4 is 10.7 Å². The molecule has 0 spiro atoms. The second kappa shape index (κ2) is 4.74. The van der Waals surface area contributed by atoms with E-state index in [1.165, 1.54) is 12.1 Å². The summed E-state index contributed by atoms with van der Waals surface area (Å²) in [5.74, 6) is 0.438. The van der Waals surface area contributed by atoms with Crippen molar-refractivity contribution in [3.8, 4) is 0 Å². The van der Waals surface area contributed by atoms with Gasteiger partial charge >= 0.3 is 0 Å². The molecule has 0 amide bonds. The molecule has 1 aromatic rings. The molecule has 16 heavy (non-hydrogen) atoms. The lowest BCUT2D eigenvalue weighted by Crippen LogP contribution is -2.30. The van der Waals surface area contributed by atoms with E-state index in [1.807, 2.05) is 6.92 Å². The number of hydrazone groups is 1. The SMILES string of the molecule is C/C(=N\NC1=NCCN1)c1ccc(F)cc1. The smallest absolute Gasteiger partial charge is 0.212 e. The van der Waals surface area contributed by atoms with Gasteiger partial charge in [-0.05, 0) is 24.6 Å². The Hall–Kier alpha value is -1.91. The minimum atomic E-state index is -0.244. The van der Waals surface area contributed by atoms with E-state index in [1.54, 1.807) is 12.1 Å². The quantitative estimate of drug-likeness (QED) is 0.579. The summed E-state index contributed by atoms with van der Waals surface area (Å²) in [6.45, 7) is 3.47. The Morgan fingerprint density at radius 3 is 2.81 bits per heavy atom. The average Bonchev–Trinajstić information content (AvgIpc) is 2.80. The molecule has 84 valence electrons. The summed E-state index contributed by atoms with van der Waals surface area (Å²) in [5.41, 5.74) is 4.50. The lowest BCUT2D eigenvalue weighted by atomic mass is 10.1. The van der Waals surface area contributed by atoms with E-state index in [2.05, 4.69) is 20.8 Å². The van der Waals surface area contributed by atoms with Crippen LogP contribution in [0.1, 0.15) is 12.5 Å². The molecule has 0 atom stereocenters. The number of hydrogen-bond acceptors (Lipinski definition) is 4. The van der Waals surface area contributed by atoms with Crippen LogP contribution in [0, 0.1) is 5.82 Å². The van der Waals surface area contributed by atoms with E-state index in [0.29, 0.717) is 5.96 Å². The van der Waals surface area contributed by atoms with E-state index < -0.39 is 0 Å². The molecule has 2 N–H and O–H groups in total. The Kier molecular flexibility index (Phi) is 3.14. The molecule has 0 unspecified atom stereocenters. The number of guanidine groups is 1. The first kappa shape index (κ1) is 10.6. The number of benzene rings is 1. The van der Waals surface area contributed by atoms with Crippen molar-refractivity contribution in [2.24, 2.45) is 10.1 Å². The number of hydrogen-bond donors (Lipinski definition) is 2. The van der Waals surface area contributed by atoms with Gasteiger partial charge in [-0.1, -0.05) is 12.1 Å². The maximum absolute atomic E-state index is 12.7. The molecule has 4 nitrogen and oxygen atoms in total. The Balaban J connectivity index is 2.03. The van der Waals surface area contributed by atoms with Crippen molar-refractivity contribution >= 4 is 11.7 Å². The Bertz CT molecular complexity index is 422. The highest BCUT2D eigenvalue weighted by Crippen LogP contribution is 2.03. The summed E-state index contributed by atoms with van der Waals surface area (Å²) in [6, 6.07) is 6.22. The second-order valence-corrected chi connectivity index (χ2v) is 3.47. The van der Waals surface area contributed by atoms with Crippen LogP contribution in [0.25, 0.3) is 0 Å². The molecule has 0 bridgehead atoms. The molecule has 1 aliphatic heterocycles. The van der Waals surface area contributed by atoms with Crippen LogP contribution in [0.4, 0.5) is 4.39 Å². The van der Waals surface area contributed by atoms with Gasteiger partial charge in [0.25, 0.3) is 0 Å².